The summed E-state index contributed by atoms with van der Waals surface area (Å²) in [6.07, 6.45) is 16.9. The van der Waals surface area contributed by atoms with Crippen molar-refractivity contribution in [1.29, 1.82) is 0 Å². The summed E-state index contributed by atoms with van der Waals surface area (Å²) < 4.78 is 2.51. The molecule has 0 spiro atoms. The summed E-state index contributed by atoms with van der Waals surface area (Å²) in [5, 5.41) is 0. The molecule has 2 heterocycles. The monoisotopic (exact) mass is 286 g/mol. The molecule has 1 aromatic rings. The third kappa shape index (κ3) is 4.43. The zero-order valence-corrected chi connectivity index (χ0v) is 14.3. The molecule has 0 N–H and O–H groups in total. The van der Waals surface area contributed by atoms with Gasteiger partial charge >= 0.3 is 0 Å². The van der Waals surface area contributed by atoms with Gasteiger partial charge in [-0.25, -0.2) is 0 Å². The molecule has 0 bridgehead atoms. The highest BCUT2D eigenvalue weighted by Gasteiger charge is 2.25. The van der Waals surface area contributed by atoms with Crippen molar-refractivity contribution in [2.75, 3.05) is 0 Å². The molecule has 1 aliphatic heterocycles. The highest BCUT2D eigenvalue weighted by atomic mass is 15.0. The van der Waals surface area contributed by atoms with Crippen LogP contribution >= 0.6 is 0 Å². The van der Waals surface area contributed by atoms with Gasteiger partial charge in [0.15, 0.2) is 11.4 Å². The number of allylic oxidation sites excluding steroid dienone is 1. The van der Waals surface area contributed by atoms with Crippen LogP contribution in [0.3, 0.4) is 0 Å². The Kier molecular flexibility index (Phi) is 6.48. The number of unbranched alkanes of at least 4 members (excludes halogenated alkanes) is 6. The maximum absolute atomic E-state index is 2.51. The molecule has 1 aromatic heterocycles. The summed E-state index contributed by atoms with van der Waals surface area (Å²) >= 11 is 0. The molecule has 0 radical (unpaired) electrons. The van der Waals surface area contributed by atoms with Gasteiger partial charge in [0.05, 0.1) is 0 Å². The number of nitrogens with zero attached hydrogens (tertiary/aromatic N) is 1. The van der Waals surface area contributed by atoms with Crippen LogP contribution in [0.4, 0.5) is 0 Å². The van der Waals surface area contributed by atoms with E-state index >= 15 is 0 Å². The predicted octanol–water partition coefficient (Wildman–Crippen LogP) is 5.30. The van der Waals surface area contributed by atoms with Crippen LogP contribution in [0.5, 0.6) is 0 Å². The molecule has 116 valence electrons. The molecule has 0 amide bonds. The van der Waals surface area contributed by atoms with Gasteiger partial charge in [-0.2, -0.15) is 4.57 Å². The highest BCUT2D eigenvalue weighted by molar-refractivity contribution is 5.55. The minimum Gasteiger partial charge on any atom is -0.199 e. The van der Waals surface area contributed by atoms with E-state index in [4.69, 9.17) is 0 Å². The van der Waals surface area contributed by atoms with E-state index in [0.717, 1.165) is 0 Å². The van der Waals surface area contributed by atoms with Gasteiger partial charge in [-0.15, -0.1) is 0 Å². The van der Waals surface area contributed by atoms with Crippen molar-refractivity contribution in [3.63, 3.8) is 0 Å². The lowest BCUT2D eigenvalue weighted by Gasteiger charge is -2.05. The number of hydrogen-bond acceptors (Lipinski definition) is 0. The van der Waals surface area contributed by atoms with Gasteiger partial charge < -0.3 is 0 Å². The normalized spacial score (nSPS) is 14.0. The Hall–Kier alpha value is -1.11. The Morgan fingerprint density at radius 1 is 1.10 bits per heavy atom. The molecule has 0 atom stereocenters. The summed E-state index contributed by atoms with van der Waals surface area (Å²) in [5.41, 5.74) is 5.92. The molecule has 2 rings (SSSR count). The van der Waals surface area contributed by atoms with E-state index in [2.05, 4.69) is 43.6 Å². The fourth-order valence-electron chi connectivity index (χ4n) is 3.51. The Bertz CT molecular complexity index is 485. The average Bonchev–Trinajstić information content (AvgIpc) is 2.94. The standard InChI is InChI=1S/C20H32N/c1-4-5-6-7-8-9-10-11-13-19-17(2)16-18(3)21-15-12-14-20(19)21/h11,13,16H,4-10,12,14-15H2,1-3H3/q+1/b13-11-. The molecule has 0 unspecified atom stereocenters. The minimum atomic E-state index is 1.21. The lowest BCUT2D eigenvalue weighted by atomic mass is 10.0. The van der Waals surface area contributed by atoms with Crippen LogP contribution in [0.25, 0.3) is 6.08 Å². The molecule has 21 heavy (non-hydrogen) atoms. The van der Waals surface area contributed by atoms with E-state index in [-0.39, 0.29) is 0 Å². The fraction of sp³-hybridized carbons (Fsp3) is 0.650. The van der Waals surface area contributed by atoms with Crippen LogP contribution in [0.15, 0.2) is 12.1 Å². The van der Waals surface area contributed by atoms with Gasteiger partial charge in [-0.1, -0.05) is 51.2 Å². The second-order valence-corrected chi connectivity index (χ2v) is 6.54. The van der Waals surface area contributed by atoms with E-state index in [1.165, 1.54) is 81.2 Å². The second kappa shape index (κ2) is 8.36. The minimum absolute atomic E-state index is 1.21. The molecular weight excluding hydrogens is 254 g/mol. The molecule has 0 saturated heterocycles. The predicted molar refractivity (Wildman–Crippen MR) is 91.5 cm³/mol. The molecule has 1 nitrogen and oxygen atoms in total. The lowest BCUT2D eigenvalue weighted by Crippen LogP contribution is -2.37. The summed E-state index contributed by atoms with van der Waals surface area (Å²) in [4.78, 5) is 0. The van der Waals surface area contributed by atoms with E-state index in [1.807, 2.05) is 0 Å². The average molecular weight is 286 g/mol. The van der Waals surface area contributed by atoms with Crippen LogP contribution in [0.2, 0.25) is 0 Å². The van der Waals surface area contributed by atoms with E-state index in [1.54, 1.807) is 5.69 Å². The van der Waals surface area contributed by atoms with Gasteiger partial charge in [0, 0.05) is 31.4 Å². The Morgan fingerprint density at radius 2 is 1.86 bits per heavy atom. The van der Waals surface area contributed by atoms with Crippen LogP contribution in [-0.2, 0) is 13.0 Å². The molecule has 0 saturated carbocycles. The molecule has 1 aliphatic rings. The van der Waals surface area contributed by atoms with Gasteiger partial charge in [0.2, 0.25) is 0 Å². The van der Waals surface area contributed by atoms with E-state index in [9.17, 15) is 0 Å². The lowest BCUT2D eigenvalue weighted by molar-refractivity contribution is -0.696. The first-order valence-electron chi connectivity index (χ1n) is 8.93. The van der Waals surface area contributed by atoms with Gasteiger partial charge in [0.25, 0.3) is 0 Å². The molecule has 0 aromatic carbocycles. The van der Waals surface area contributed by atoms with Crippen molar-refractivity contribution in [3.05, 3.63) is 34.7 Å². The number of aromatic nitrogens is 1. The summed E-state index contributed by atoms with van der Waals surface area (Å²) in [5.74, 6) is 0. The van der Waals surface area contributed by atoms with Gasteiger partial charge in [0.1, 0.15) is 6.54 Å². The first-order valence-corrected chi connectivity index (χ1v) is 8.93. The third-order valence-electron chi connectivity index (χ3n) is 4.72. The van der Waals surface area contributed by atoms with Crippen molar-refractivity contribution in [1.82, 2.24) is 0 Å². The van der Waals surface area contributed by atoms with Gasteiger partial charge in [-0.05, 0) is 25.3 Å². The van der Waals surface area contributed by atoms with Crippen molar-refractivity contribution >= 4 is 6.08 Å². The summed E-state index contributed by atoms with van der Waals surface area (Å²) in [7, 11) is 0. The zero-order chi connectivity index (χ0) is 15.1. The van der Waals surface area contributed by atoms with Crippen LogP contribution in [0, 0.1) is 13.8 Å². The Labute approximate surface area is 131 Å². The van der Waals surface area contributed by atoms with Crippen molar-refractivity contribution < 1.29 is 4.57 Å². The van der Waals surface area contributed by atoms with E-state index in [0.29, 0.717) is 0 Å². The molecule has 1 heteroatoms. The number of rotatable bonds is 8. The second-order valence-electron chi connectivity index (χ2n) is 6.54. The molecular formula is C20H32N+. The van der Waals surface area contributed by atoms with Crippen LogP contribution in [0.1, 0.15) is 80.8 Å². The highest BCUT2D eigenvalue weighted by Crippen LogP contribution is 2.20. The first kappa shape index (κ1) is 16.3. The largest absolute Gasteiger partial charge is 0.199 e. The van der Waals surface area contributed by atoms with Crippen molar-refractivity contribution in [2.24, 2.45) is 0 Å². The molecule has 0 aliphatic carbocycles. The van der Waals surface area contributed by atoms with Crippen LogP contribution in [-0.4, -0.2) is 0 Å². The number of fused-ring (bicyclic) bond motifs is 1. The van der Waals surface area contributed by atoms with Crippen LogP contribution < -0.4 is 4.57 Å². The number of aryl methyl sites for hydroxylation is 2. The smallest absolute Gasteiger partial charge is 0.189 e. The zero-order valence-electron chi connectivity index (χ0n) is 14.3. The van der Waals surface area contributed by atoms with Gasteiger partial charge in [-0.3, -0.25) is 0 Å². The first-order chi connectivity index (χ1) is 10.2. The third-order valence-corrected chi connectivity index (χ3v) is 4.72. The van der Waals surface area contributed by atoms with Crippen molar-refractivity contribution in [2.45, 2.75) is 85.1 Å². The Morgan fingerprint density at radius 3 is 2.67 bits per heavy atom. The quantitative estimate of drug-likeness (QED) is 0.451. The van der Waals surface area contributed by atoms with E-state index < -0.39 is 0 Å². The summed E-state index contributed by atoms with van der Waals surface area (Å²) in [6.45, 7) is 7.99. The maximum atomic E-state index is 2.51. The van der Waals surface area contributed by atoms with Crippen molar-refractivity contribution in [3.8, 4) is 0 Å². The topological polar surface area (TPSA) is 3.88 Å². The number of hydrogen-bond donors (Lipinski definition) is 0. The Balaban J connectivity index is 1.86. The fourth-order valence-corrected chi connectivity index (χ4v) is 3.51. The SMILES string of the molecule is CCCCCCCC/C=C\c1c(C)cc(C)[n+]2c1CCC2. The summed E-state index contributed by atoms with van der Waals surface area (Å²) in [6, 6.07) is 2.35. The molecule has 0 fully saturated rings. The maximum Gasteiger partial charge on any atom is 0.189 e. The number of pyridine rings is 1.